The van der Waals surface area contributed by atoms with E-state index < -0.39 is 6.09 Å². The largest absolute Gasteiger partial charge is 0.448 e. The molecule has 4 nitrogen and oxygen atoms in total. The van der Waals surface area contributed by atoms with Gasteiger partial charge in [0.1, 0.15) is 0 Å². The second-order valence-electron chi connectivity index (χ2n) is 2.31. The van der Waals surface area contributed by atoms with E-state index in [1.807, 2.05) is 6.92 Å². The summed E-state index contributed by atoms with van der Waals surface area (Å²) >= 11 is 0. The minimum absolute atomic E-state index is 0.0544. The molecule has 1 N–H and O–H groups in total. The van der Waals surface area contributed by atoms with Gasteiger partial charge in [-0.1, -0.05) is 6.92 Å². The number of amides is 1. The Kier molecular flexibility index (Phi) is 2.11. The molecule has 4 heteroatoms. The SMILES string of the molecule is CCC1CCOC(=O)N1O. The van der Waals surface area contributed by atoms with Gasteiger partial charge in [0.2, 0.25) is 0 Å². The highest BCUT2D eigenvalue weighted by atomic mass is 16.6. The molecule has 1 heterocycles. The van der Waals surface area contributed by atoms with Crippen LogP contribution in [0.25, 0.3) is 0 Å². The monoisotopic (exact) mass is 145 g/mol. The van der Waals surface area contributed by atoms with Crippen molar-refractivity contribution in [3.63, 3.8) is 0 Å². The average molecular weight is 145 g/mol. The van der Waals surface area contributed by atoms with Crippen molar-refractivity contribution in [2.75, 3.05) is 6.61 Å². The van der Waals surface area contributed by atoms with Crippen LogP contribution in [0, 0.1) is 0 Å². The van der Waals surface area contributed by atoms with Crippen LogP contribution in [0.3, 0.4) is 0 Å². The van der Waals surface area contributed by atoms with E-state index in [1.165, 1.54) is 0 Å². The Morgan fingerprint density at radius 3 is 3.10 bits per heavy atom. The predicted molar refractivity (Wildman–Crippen MR) is 33.7 cm³/mol. The third-order valence-electron chi connectivity index (χ3n) is 1.68. The molecule has 0 radical (unpaired) electrons. The fourth-order valence-electron chi connectivity index (χ4n) is 0.997. The Morgan fingerprint density at radius 1 is 1.90 bits per heavy atom. The van der Waals surface area contributed by atoms with Crippen molar-refractivity contribution in [1.29, 1.82) is 0 Å². The number of cyclic esters (lactones) is 1. The van der Waals surface area contributed by atoms with E-state index in [2.05, 4.69) is 4.74 Å². The van der Waals surface area contributed by atoms with Gasteiger partial charge in [0, 0.05) is 6.42 Å². The lowest BCUT2D eigenvalue weighted by molar-refractivity contribution is -0.130. The molecule has 1 atom stereocenters. The Balaban J connectivity index is 2.51. The molecule has 1 aliphatic heterocycles. The molecule has 0 saturated carbocycles. The Hall–Kier alpha value is -0.770. The van der Waals surface area contributed by atoms with Gasteiger partial charge >= 0.3 is 6.09 Å². The first-order valence-electron chi connectivity index (χ1n) is 3.40. The minimum atomic E-state index is -0.627. The molecular weight excluding hydrogens is 134 g/mol. The predicted octanol–water partition coefficient (Wildman–Crippen LogP) is 0.996. The van der Waals surface area contributed by atoms with Gasteiger partial charge in [-0.05, 0) is 6.42 Å². The Bertz CT molecular complexity index is 137. The van der Waals surface area contributed by atoms with Crippen molar-refractivity contribution in [2.24, 2.45) is 0 Å². The molecule has 0 bridgehead atoms. The summed E-state index contributed by atoms with van der Waals surface area (Å²) in [5, 5.41) is 9.67. The van der Waals surface area contributed by atoms with E-state index in [0.29, 0.717) is 11.7 Å². The summed E-state index contributed by atoms with van der Waals surface area (Å²) < 4.78 is 4.56. The molecule has 1 fully saturated rings. The third kappa shape index (κ3) is 1.21. The van der Waals surface area contributed by atoms with Crippen LogP contribution in [0.4, 0.5) is 4.79 Å². The molecular formula is C6H11NO3. The summed E-state index contributed by atoms with van der Waals surface area (Å²) in [6.07, 6.45) is 0.864. The topological polar surface area (TPSA) is 49.8 Å². The van der Waals surface area contributed by atoms with Gasteiger partial charge in [-0.2, -0.15) is 5.06 Å². The number of nitrogens with zero attached hydrogens (tertiary/aromatic N) is 1. The number of carbonyl (C=O) groups excluding carboxylic acids is 1. The van der Waals surface area contributed by atoms with E-state index in [9.17, 15) is 4.79 Å². The van der Waals surface area contributed by atoms with Gasteiger partial charge in [-0.3, -0.25) is 5.21 Å². The summed E-state index contributed by atoms with van der Waals surface area (Å²) in [7, 11) is 0. The molecule has 0 aliphatic carbocycles. The summed E-state index contributed by atoms with van der Waals surface area (Å²) in [5.74, 6) is 0. The number of hydrogen-bond acceptors (Lipinski definition) is 3. The number of ether oxygens (including phenoxy) is 1. The first kappa shape index (κ1) is 7.34. The first-order chi connectivity index (χ1) is 4.75. The van der Waals surface area contributed by atoms with Gasteiger partial charge in [0.05, 0.1) is 12.6 Å². The summed E-state index contributed by atoms with van der Waals surface area (Å²) in [4.78, 5) is 10.6. The van der Waals surface area contributed by atoms with E-state index in [0.717, 1.165) is 12.8 Å². The van der Waals surface area contributed by atoms with Crippen LogP contribution >= 0.6 is 0 Å². The number of hydrogen-bond donors (Lipinski definition) is 1. The smallest absolute Gasteiger partial charge is 0.434 e. The van der Waals surface area contributed by atoms with E-state index in [1.54, 1.807) is 0 Å². The molecule has 0 aromatic carbocycles. The van der Waals surface area contributed by atoms with Crippen molar-refractivity contribution >= 4 is 6.09 Å². The lowest BCUT2D eigenvalue weighted by Gasteiger charge is -2.28. The summed E-state index contributed by atoms with van der Waals surface area (Å²) in [6, 6.07) is -0.0544. The molecule has 1 aliphatic rings. The number of hydroxylamine groups is 2. The van der Waals surface area contributed by atoms with Gasteiger partial charge in [-0.15, -0.1) is 0 Å². The fourth-order valence-corrected chi connectivity index (χ4v) is 0.997. The standard InChI is InChI=1S/C6H11NO3/c1-2-5-3-4-10-6(8)7(5)9/h5,9H,2-4H2,1H3. The molecule has 1 unspecified atom stereocenters. The highest BCUT2D eigenvalue weighted by Crippen LogP contribution is 2.12. The molecule has 0 aromatic rings. The van der Waals surface area contributed by atoms with Crippen LogP contribution < -0.4 is 0 Å². The molecule has 58 valence electrons. The van der Waals surface area contributed by atoms with Crippen LogP contribution in [0.15, 0.2) is 0 Å². The van der Waals surface area contributed by atoms with Crippen LogP contribution in [-0.4, -0.2) is 29.0 Å². The molecule has 0 spiro atoms. The third-order valence-corrected chi connectivity index (χ3v) is 1.68. The maximum atomic E-state index is 10.6. The van der Waals surface area contributed by atoms with Crippen LogP contribution in [0.2, 0.25) is 0 Å². The molecule has 10 heavy (non-hydrogen) atoms. The van der Waals surface area contributed by atoms with Gasteiger partial charge < -0.3 is 4.74 Å². The highest BCUT2D eigenvalue weighted by Gasteiger charge is 2.26. The minimum Gasteiger partial charge on any atom is -0.448 e. The van der Waals surface area contributed by atoms with Gasteiger partial charge in [0.15, 0.2) is 0 Å². The van der Waals surface area contributed by atoms with Crippen molar-refractivity contribution < 1.29 is 14.7 Å². The van der Waals surface area contributed by atoms with Crippen LogP contribution in [-0.2, 0) is 4.74 Å². The zero-order valence-electron chi connectivity index (χ0n) is 5.91. The summed E-state index contributed by atoms with van der Waals surface area (Å²) in [6.45, 7) is 2.35. The van der Waals surface area contributed by atoms with Crippen molar-refractivity contribution in [3.05, 3.63) is 0 Å². The second kappa shape index (κ2) is 2.88. The van der Waals surface area contributed by atoms with Gasteiger partial charge in [0.25, 0.3) is 0 Å². The van der Waals surface area contributed by atoms with E-state index in [-0.39, 0.29) is 6.04 Å². The summed E-state index contributed by atoms with van der Waals surface area (Å²) in [5.41, 5.74) is 0. The molecule has 0 aromatic heterocycles. The number of carbonyl (C=O) groups is 1. The Labute approximate surface area is 59.3 Å². The highest BCUT2D eigenvalue weighted by molar-refractivity contribution is 5.67. The fraction of sp³-hybridized carbons (Fsp3) is 0.833. The van der Waals surface area contributed by atoms with Crippen LogP contribution in [0.5, 0.6) is 0 Å². The van der Waals surface area contributed by atoms with Gasteiger partial charge in [-0.25, -0.2) is 4.79 Å². The first-order valence-corrected chi connectivity index (χ1v) is 3.40. The maximum Gasteiger partial charge on any atom is 0.434 e. The molecule has 1 saturated heterocycles. The zero-order chi connectivity index (χ0) is 7.56. The quantitative estimate of drug-likeness (QED) is 0.560. The lowest BCUT2D eigenvalue weighted by atomic mass is 10.1. The van der Waals surface area contributed by atoms with E-state index in [4.69, 9.17) is 5.21 Å². The average Bonchev–Trinajstić information content (AvgIpc) is 1.95. The van der Waals surface area contributed by atoms with Crippen molar-refractivity contribution in [2.45, 2.75) is 25.8 Å². The normalized spacial score (nSPS) is 26.4. The van der Waals surface area contributed by atoms with E-state index >= 15 is 0 Å². The number of rotatable bonds is 1. The molecule has 1 rings (SSSR count). The zero-order valence-corrected chi connectivity index (χ0v) is 5.91. The molecule has 1 amide bonds. The lowest BCUT2D eigenvalue weighted by Crippen LogP contribution is -2.42. The Morgan fingerprint density at radius 2 is 2.60 bits per heavy atom. The second-order valence-corrected chi connectivity index (χ2v) is 2.31. The van der Waals surface area contributed by atoms with Crippen LogP contribution in [0.1, 0.15) is 19.8 Å². The van der Waals surface area contributed by atoms with Crippen molar-refractivity contribution in [3.8, 4) is 0 Å². The van der Waals surface area contributed by atoms with Crippen molar-refractivity contribution in [1.82, 2.24) is 5.06 Å². The maximum absolute atomic E-state index is 10.6.